The first-order valence-corrected chi connectivity index (χ1v) is 11.2. The van der Waals surface area contributed by atoms with E-state index in [9.17, 15) is 4.79 Å². The van der Waals surface area contributed by atoms with Crippen LogP contribution in [0.5, 0.6) is 0 Å². The molecule has 2 saturated heterocycles. The first-order chi connectivity index (χ1) is 14.3. The van der Waals surface area contributed by atoms with Crippen LogP contribution in [0.1, 0.15) is 38.5 Å². The molecule has 0 radical (unpaired) electrons. The minimum atomic E-state index is 0.0374. The molecule has 29 heavy (non-hydrogen) atoms. The van der Waals surface area contributed by atoms with Gasteiger partial charge in [0.05, 0.1) is 12.0 Å². The lowest BCUT2D eigenvalue weighted by atomic mass is 9.96. The van der Waals surface area contributed by atoms with Crippen LogP contribution in [0, 0.1) is 5.92 Å². The Hall–Kier alpha value is -2.05. The smallest absolute Gasteiger partial charge is 0.253 e. The third kappa shape index (κ3) is 5.73. The van der Waals surface area contributed by atoms with Crippen molar-refractivity contribution in [1.29, 1.82) is 0 Å². The van der Waals surface area contributed by atoms with Crippen LogP contribution in [0.2, 0.25) is 0 Å². The predicted molar refractivity (Wildman–Crippen MR) is 116 cm³/mol. The SMILES string of the molecule is O=c1cc(-c2ccncc2)ncn1CC1CCN(CCN2CCCCCC2)CC1. The van der Waals surface area contributed by atoms with Crippen molar-refractivity contribution in [2.24, 2.45) is 5.92 Å². The molecular weight excluding hydrogens is 362 g/mol. The van der Waals surface area contributed by atoms with E-state index in [0.717, 1.165) is 30.9 Å². The van der Waals surface area contributed by atoms with Crippen LogP contribution < -0.4 is 5.56 Å². The lowest BCUT2D eigenvalue weighted by molar-refractivity contribution is 0.149. The normalized spacial score (nSPS) is 19.9. The van der Waals surface area contributed by atoms with E-state index in [2.05, 4.69) is 19.8 Å². The third-order valence-electron chi connectivity index (χ3n) is 6.45. The van der Waals surface area contributed by atoms with Gasteiger partial charge in [0, 0.05) is 43.7 Å². The molecule has 0 saturated carbocycles. The second-order valence-electron chi connectivity index (χ2n) is 8.54. The average Bonchev–Trinajstić information content (AvgIpc) is 3.04. The lowest BCUT2D eigenvalue weighted by Crippen LogP contribution is -2.41. The van der Waals surface area contributed by atoms with E-state index < -0.39 is 0 Å². The maximum Gasteiger partial charge on any atom is 0.253 e. The fourth-order valence-corrected chi connectivity index (χ4v) is 4.56. The van der Waals surface area contributed by atoms with Crippen molar-refractivity contribution in [2.75, 3.05) is 39.3 Å². The molecule has 2 aromatic heterocycles. The number of likely N-dealkylation sites (tertiary alicyclic amines) is 2. The standard InChI is InChI=1S/C23H33N5O/c29-23-17-22(21-5-9-24-10-6-21)25-19-28(23)18-20-7-13-27(14-8-20)16-15-26-11-3-1-2-4-12-26/h5-6,9-10,17,19-20H,1-4,7-8,11-16,18H2. The molecule has 6 heteroatoms. The van der Waals surface area contributed by atoms with E-state index in [1.807, 2.05) is 12.1 Å². The summed E-state index contributed by atoms with van der Waals surface area (Å²) in [6.45, 7) is 8.04. The van der Waals surface area contributed by atoms with Crippen LogP contribution in [0.4, 0.5) is 0 Å². The minimum absolute atomic E-state index is 0.0374. The second-order valence-corrected chi connectivity index (χ2v) is 8.54. The van der Waals surface area contributed by atoms with Gasteiger partial charge in [0.25, 0.3) is 5.56 Å². The highest BCUT2D eigenvalue weighted by Gasteiger charge is 2.20. The quantitative estimate of drug-likeness (QED) is 0.753. The lowest BCUT2D eigenvalue weighted by Gasteiger charge is -2.33. The Morgan fingerprint density at radius 3 is 2.21 bits per heavy atom. The Balaban J connectivity index is 1.25. The van der Waals surface area contributed by atoms with Crippen molar-refractivity contribution >= 4 is 0 Å². The molecule has 2 aliphatic heterocycles. The number of piperidine rings is 1. The molecule has 0 N–H and O–H groups in total. The molecule has 2 aromatic rings. The zero-order valence-electron chi connectivity index (χ0n) is 17.4. The zero-order valence-corrected chi connectivity index (χ0v) is 17.4. The summed E-state index contributed by atoms with van der Waals surface area (Å²) in [6, 6.07) is 5.41. The first-order valence-electron chi connectivity index (χ1n) is 11.2. The predicted octanol–water partition coefficient (Wildman–Crippen LogP) is 2.89. The van der Waals surface area contributed by atoms with Crippen molar-refractivity contribution in [3.63, 3.8) is 0 Å². The van der Waals surface area contributed by atoms with Crippen LogP contribution in [0.15, 0.2) is 41.7 Å². The molecule has 4 heterocycles. The van der Waals surface area contributed by atoms with E-state index in [1.165, 1.54) is 64.7 Å². The summed E-state index contributed by atoms with van der Waals surface area (Å²) in [6.07, 6.45) is 13.0. The molecule has 0 atom stereocenters. The molecule has 2 aliphatic rings. The molecule has 4 rings (SSSR count). The van der Waals surface area contributed by atoms with Crippen molar-refractivity contribution in [3.05, 3.63) is 47.3 Å². The van der Waals surface area contributed by atoms with E-state index in [4.69, 9.17) is 0 Å². The van der Waals surface area contributed by atoms with E-state index >= 15 is 0 Å². The molecule has 2 fully saturated rings. The summed E-state index contributed by atoms with van der Waals surface area (Å²) in [5.41, 5.74) is 1.69. The Labute approximate surface area is 173 Å². The molecule has 6 nitrogen and oxygen atoms in total. The average molecular weight is 396 g/mol. The summed E-state index contributed by atoms with van der Waals surface area (Å²) in [7, 11) is 0. The van der Waals surface area contributed by atoms with Crippen LogP contribution in [0.3, 0.4) is 0 Å². The van der Waals surface area contributed by atoms with E-state index in [-0.39, 0.29) is 5.56 Å². The maximum absolute atomic E-state index is 12.5. The van der Waals surface area contributed by atoms with Gasteiger partial charge in [-0.3, -0.25) is 14.3 Å². The van der Waals surface area contributed by atoms with Gasteiger partial charge in [-0.05, 0) is 69.9 Å². The second kappa shape index (κ2) is 10.1. The molecule has 0 aromatic carbocycles. The van der Waals surface area contributed by atoms with Gasteiger partial charge in [-0.15, -0.1) is 0 Å². The van der Waals surface area contributed by atoms with Gasteiger partial charge in [0.15, 0.2) is 0 Å². The van der Waals surface area contributed by atoms with Crippen LogP contribution in [-0.2, 0) is 6.54 Å². The van der Waals surface area contributed by atoms with Gasteiger partial charge in [-0.2, -0.15) is 0 Å². The van der Waals surface area contributed by atoms with Crippen LogP contribution in [0.25, 0.3) is 11.3 Å². The molecule has 0 aliphatic carbocycles. The Bertz CT molecular complexity index is 806. The van der Waals surface area contributed by atoms with Gasteiger partial charge in [0.1, 0.15) is 0 Å². The van der Waals surface area contributed by atoms with Crippen molar-refractivity contribution in [1.82, 2.24) is 24.3 Å². The third-order valence-corrected chi connectivity index (χ3v) is 6.45. The van der Waals surface area contributed by atoms with Gasteiger partial charge >= 0.3 is 0 Å². The fourth-order valence-electron chi connectivity index (χ4n) is 4.56. The number of hydrogen-bond acceptors (Lipinski definition) is 5. The number of rotatable bonds is 6. The molecule has 0 unspecified atom stereocenters. The Morgan fingerprint density at radius 1 is 0.897 bits per heavy atom. The molecule has 156 valence electrons. The van der Waals surface area contributed by atoms with Crippen LogP contribution >= 0.6 is 0 Å². The Morgan fingerprint density at radius 2 is 1.55 bits per heavy atom. The highest BCUT2D eigenvalue weighted by atomic mass is 16.1. The molecule has 0 spiro atoms. The van der Waals surface area contributed by atoms with E-state index in [1.54, 1.807) is 29.4 Å². The van der Waals surface area contributed by atoms with E-state index in [0.29, 0.717) is 5.92 Å². The number of pyridine rings is 1. The summed E-state index contributed by atoms with van der Waals surface area (Å²) in [5.74, 6) is 0.565. The van der Waals surface area contributed by atoms with Crippen LogP contribution in [-0.4, -0.2) is 63.6 Å². The largest absolute Gasteiger partial charge is 0.302 e. The summed E-state index contributed by atoms with van der Waals surface area (Å²) in [4.78, 5) is 26.3. The summed E-state index contributed by atoms with van der Waals surface area (Å²) < 4.78 is 1.78. The Kier molecular flexibility index (Phi) is 7.06. The maximum atomic E-state index is 12.5. The highest BCUT2D eigenvalue weighted by molar-refractivity contribution is 5.57. The van der Waals surface area contributed by atoms with Gasteiger partial charge in [-0.1, -0.05) is 12.8 Å². The van der Waals surface area contributed by atoms with Gasteiger partial charge in [0.2, 0.25) is 0 Å². The fraction of sp³-hybridized carbons (Fsp3) is 0.609. The molecule has 0 amide bonds. The minimum Gasteiger partial charge on any atom is -0.302 e. The van der Waals surface area contributed by atoms with Gasteiger partial charge in [-0.25, -0.2) is 4.98 Å². The number of aromatic nitrogens is 3. The summed E-state index contributed by atoms with van der Waals surface area (Å²) in [5, 5.41) is 0. The van der Waals surface area contributed by atoms with Crippen molar-refractivity contribution in [3.8, 4) is 11.3 Å². The summed E-state index contributed by atoms with van der Waals surface area (Å²) >= 11 is 0. The number of nitrogens with zero attached hydrogens (tertiary/aromatic N) is 5. The topological polar surface area (TPSA) is 54.3 Å². The zero-order chi connectivity index (χ0) is 19.9. The highest BCUT2D eigenvalue weighted by Crippen LogP contribution is 2.19. The number of hydrogen-bond donors (Lipinski definition) is 0. The molecular formula is C23H33N5O. The monoisotopic (exact) mass is 395 g/mol. The van der Waals surface area contributed by atoms with Gasteiger partial charge < -0.3 is 9.80 Å². The molecule has 0 bridgehead atoms. The van der Waals surface area contributed by atoms with Crippen molar-refractivity contribution in [2.45, 2.75) is 45.1 Å². The first kappa shape index (κ1) is 20.2. The van der Waals surface area contributed by atoms with Crippen molar-refractivity contribution < 1.29 is 0 Å².